The fourth-order valence-corrected chi connectivity index (χ4v) is 9.15. The molecule has 4 heteroatoms. The van der Waals surface area contributed by atoms with E-state index in [0.717, 1.165) is 84.3 Å². The molecule has 8 aromatic rings. The Labute approximate surface area is 368 Å². The lowest BCUT2D eigenvalue weighted by Gasteiger charge is -2.35. The molecule has 0 atom stereocenters. The van der Waals surface area contributed by atoms with Crippen molar-refractivity contribution in [3.05, 3.63) is 293 Å². The zero-order chi connectivity index (χ0) is 42.6. The number of nitrogens with two attached hydrogens (primary N) is 1. The highest BCUT2D eigenvalue weighted by Crippen LogP contribution is 2.58. The van der Waals surface area contributed by atoms with Crippen molar-refractivity contribution in [3.63, 3.8) is 0 Å². The van der Waals surface area contributed by atoms with E-state index < -0.39 is 5.41 Å². The van der Waals surface area contributed by atoms with Gasteiger partial charge in [-0.15, -0.1) is 0 Å². The summed E-state index contributed by atoms with van der Waals surface area (Å²) in [6.45, 7) is 0.459. The Balaban J connectivity index is 1.11. The Morgan fingerprint density at radius 3 is 1.79 bits per heavy atom. The van der Waals surface area contributed by atoms with Crippen LogP contribution in [-0.4, -0.2) is 10.8 Å². The maximum atomic E-state index is 10.6. The van der Waals surface area contributed by atoms with Gasteiger partial charge in [0.2, 0.25) is 0 Å². The van der Waals surface area contributed by atoms with Crippen LogP contribution >= 0.6 is 0 Å². The fourth-order valence-electron chi connectivity index (χ4n) is 9.15. The summed E-state index contributed by atoms with van der Waals surface area (Å²) in [5.74, 6) is 0.890. The molecule has 63 heavy (non-hydrogen) atoms. The van der Waals surface area contributed by atoms with Crippen LogP contribution in [0.25, 0.3) is 33.5 Å². The molecule has 1 aliphatic heterocycles. The summed E-state index contributed by atoms with van der Waals surface area (Å²) in [4.78, 5) is 5.25. The summed E-state index contributed by atoms with van der Waals surface area (Å²) in [6, 6.07) is 73.8. The van der Waals surface area contributed by atoms with Crippen molar-refractivity contribution in [2.75, 3.05) is 0 Å². The summed E-state index contributed by atoms with van der Waals surface area (Å²) >= 11 is 0. The normalized spacial score (nSPS) is 15.4. The molecule has 0 spiro atoms. The maximum Gasteiger partial charge on any atom is 0.161 e. The van der Waals surface area contributed by atoms with E-state index in [1.54, 1.807) is 0 Å². The van der Waals surface area contributed by atoms with Gasteiger partial charge in [0, 0.05) is 22.4 Å². The summed E-state index contributed by atoms with van der Waals surface area (Å²) < 4.78 is 6.56. The second-order valence-corrected chi connectivity index (χ2v) is 15.8. The maximum absolute atomic E-state index is 10.6. The highest BCUT2D eigenvalue weighted by molar-refractivity contribution is 6.12. The Bertz CT molecular complexity index is 3070. The van der Waals surface area contributed by atoms with Crippen LogP contribution in [0.5, 0.6) is 5.75 Å². The number of allylic oxidation sites excluding steroid dienone is 4. The summed E-state index contributed by atoms with van der Waals surface area (Å²) in [6.07, 6.45) is 6.94. The number of nitrogens with zero attached hydrogens (tertiary/aromatic N) is 1. The smallest absolute Gasteiger partial charge is 0.161 e. The van der Waals surface area contributed by atoms with E-state index in [1.807, 2.05) is 30.4 Å². The molecule has 0 saturated heterocycles. The topological polar surface area (TPSA) is 67.8 Å². The van der Waals surface area contributed by atoms with Crippen molar-refractivity contribution in [1.82, 2.24) is 0 Å². The van der Waals surface area contributed by atoms with Crippen LogP contribution in [0.2, 0.25) is 0 Å². The fraction of sp³-hybridized carbons (Fsp3) is 0.0339. The molecule has 0 saturated carbocycles. The van der Waals surface area contributed by atoms with Gasteiger partial charge in [0.05, 0.1) is 17.7 Å². The molecule has 0 amide bonds. The van der Waals surface area contributed by atoms with Gasteiger partial charge in [-0.25, -0.2) is 0 Å². The van der Waals surface area contributed by atoms with Crippen molar-refractivity contribution in [1.29, 1.82) is 0 Å². The van der Waals surface area contributed by atoms with E-state index in [2.05, 4.69) is 200 Å². The number of benzene rings is 8. The number of hydrogen-bond acceptors (Lipinski definition) is 4. The van der Waals surface area contributed by atoms with Crippen molar-refractivity contribution in [2.24, 2.45) is 10.7 Å². The van der Waals surface area contributed by atoms with Gasteiger partial charge in [0.15, 0.2) is 5.76 Å². The number of fused-ring (bicyclic) bond motifs is 4. The molecule has 0 aromatic heterocycles. The minimum atomic E-state index is -0.641. The third kappa shape index (κ3) is 7.38. The van der Waals surface area contributed by atoms with Crippen LogP contribution in [-0.2, 0) is 12.0 Å². The number of aliphatic hydroxyl groups excluding tert-OH is 1. The third-order valence-corrected chi connectivity index (χ3v) is 12.1. The average Bonchev–Trinajstić information content (AvgIpc) is 3.64. The Morgan fingerprint density at radius 1 is 0.540 bits per heavy atom. The number of aliphatic hydroxyl groups is 1. The SMILES string of the molecule is N/C(=C\C(=NCc1cccc(-c2ccccc2)c1)c1cccc(-c2ccccc2)c1)c1ccc2c(c1)OC(=C\O)/C=C\C1=C2c2ccccc2C1(c1ccccc1)c1ccccc1. The predicted octanol–water partition coefficient (Wildman–Crippen LogP) is 13.5. The van der Waals surface area contributed by atoms with Gasteiger partial charge in [-0.2, -0.15) is 0 Å². The molecule has 0 radical (unpaired) electrons. The molecule has 4 nitrogen and oxygen atoms in total. The van der Waals surface area contributed by atoms with E-state index >= 15 is 0 Å². The van der Waals surface area contributed by atoms with Gasteiger partial charge < -0.3 is 15.6 Å². The van der Waals surface area contributed by atoms with Crippen LogP contribution in [0, 0.1) is 0 Å². The zero-order valence-electron chi connectivity index (χ0n) is 34.6. The van der Waals surface area contributed by atoms with Crippen LogP contribution in [0.4, 0.5) is 0 Å². The van der Waals surface area contributed by atoms with Crippen LogP contribution < -0.4 is 10.5 Å². The van der Waals surface area contributed by atoms with E-state index in [9.17, 15) is 5.11 Å². The number of hydrogen-bond donors (Lipinski definition) is 2. The Hall–Kier alpha value is -8.21. The largest absolute Gasteiger partial charge is 0.512 e. The van der Waals surface area contributed by atoms with Crippen molar-refractivity contribution < 1.29 is 9.84 Å². The predicted molar refractivity (Wildman–Crippen MR) is 258 cm³/mol. The van der Waals surface area contributed by atoms with Gasteiger partial charge in [-0.1, -0.05) is 194 Å². The first-order valence-corrected chi connectivity index (χ1v) is 21.2. The molecule has 0 bridgehead atoms. The standard InChI is InChI=1S/C59H44N2O2/c60-55(38-56(47-24-16-23-45(36-47)43-20-7-2-8-21-43)61-39-41-17-15-22-44(35-41)42-18-5-1-6-19-42)46-31-33-52-57(37-46)63-50(40-62)32-34-54-58(52)51-29-13-14-30-53(51)59(54,48-25-9-3-10-26-48)49-27-11-4-12-28-49/h1-38,40,62H,39,60H2/b34-32-,50-40-,55-38-,61-56?. The monoisotopic (exact) mass is 812 g/mol. The molecule has 8 aromatic carbocycles. The highest BCUT2D eigenvalue weighted by atomic mass is 16.5. The molecule has 1 heterocycles. The summed E-state index contributed by atoms with van der Waals surface area (Å²) in [7, 11) is 0. The van der Waals surface area contributed by atoms with E-state index in [-0.39, 0.29) is 0 Å². The first kappa shape index (κ1) is 39.0. The Morgan fingerprint density at radius 2 is 1.13 bits per heavy atom. The van der Waals surface area contributed by atoms with Gasteiger partial charge in [0.1, 0.15) is 12.0 Å². The van der Waals surface area contributed by atoms with Crippen LogP contribution in [0.1, 0.15) is 44.5 Å². The van der Waals surface area contributed by atoms with Gasteiger partial charge in [0.25, 0.3) is 0 Å². The Kier molecular flexibility index (Phi) is 10.5. The lowest BCUT2D eigenvalue weighted by atomic mass is 9.66. The van der Waals surface area contributed by atoms with Crippen LogP contribution in [0.3, 0.4) is 0 Å². The van der Waals surface area contributed by atoms with E-state index in [4.69, 9.17) is 15.5 Å². The van der Waals surface area contributed by atoms with Crippen molar-refractivity contribution >= 4 is 17.0 Å². The molecule has 1 aliphatic carbocycles. The van der Waals surface area contributed by atoms with E-state index in [1.165, 1.54) is 5.56 Å². The number of aliphatic imine (C=N–C) groups is 1. The molecular formula is C59H44N2O2. The van der Waals surface area contributed by atoms with Gasteiger partial charge in [-0.3, -0.25) is 4.99 Å². The molecule has 302 valence electrons. The van der Waals surface area contributed by atoms with Gasteiger partial charge >= 0.3 is 0 Å². The molecule has 0 unspecified atom stereocenters. The minimum absolute atomic E-state index is 0.311. The number of ether oxygens (including phenoxy) is 1. The molecule has 10 rings (SSSR count). The van der Waals surface area contributed by atoms with Gasteiger partial charge in [-0.05, 0) is 97.6 Å². The molecule has 2 aliphatic rings. The molecule has 0 fully saturated rings. The van der Waals surface area contributed by atoms with Crippen LogP contribution in [0.15, 0.2) is 253 Å². The average molecular weight is 813 g/mol. The zero-order valence-corrected chi connectivity index (χ0v) is 34.6. The molecular weight excluding hydrogens is 769 g/mol. The third-order valence-electron chi connectivity index (χ3n) is 12.1. The quantitative estimate of drug-likeness (QED) is 0.113. The highest BCUT2D eigenvalue weighted by Gasteiger charge is 2.47. The minimum Gasteiger partial charge on any atom is -0.512 e. The lowest BCUT2D eigenvalue weighted by molar-refractivity contribution is 0.387. The summed E-state index contributed by atoms with van der Waals surface area (Å²) in [5.41, 5.74) is 22.7. The van der Waals surface area contributed by atoms with E-state index in [0.29, 0.717) is 23.8 Å². The van der Waals surface area contributed by atoms with Crippen molar-refractivity contribution in [3.8, 4) is 28.0 Å². The summed E-state index contributed by atoms with van der Waals surface area (Å²) in [5, 5.41) is 10.6. The first-order valence-electron chi connectivity index (χ1n) is 21.2. The van der Waals surface area contributed by atoms with Crippen molar-refractivity contribution in [2.45, 2.75) is 12.0 Å². The first-order chi connectivity index (χ1) is 31.1. The second-order valence-electron chi connectivity index (χ2n) is 15.8. The lowest BCUT2D eigenvalue weighted by Crippen LogP contribution is -2.29. The molecule has 3 N–H and O–H groups in total. The number of rotatable bonds is 9. The second kappa shape index (κ2) is 17.0.